The zero-order valence-electron chi connectivity index (χ0n) is 14.9. The molecule has 0 aliphatic carbocycles. The van der Waals surface area contributed by atoms with Gasteiger partial charge in [0.2, 0.25) is 5.54 Å². The highest BCUT2D eigenvalue weighted by Gasteiger charge is 2.61. The van der Waals surface area contributed by atoms with Crippen LogP contribution in [0.2, 0.25) is 0 Å². The van der Waals surface area contributed by atoms with Crippen molar-refractivity contribution in [2.24, 2.45) is 11.0 Å². The van der Waals surface area contributed by atoms with E-state index in [9.17, 15) is 19.6 Å². The monoisotopic (exact) mass is 343 g/mol. The number of hydrazone groups is 1. The van der Waals surface area contributed by atoms with E-state index in [2.05, 4.69) is 10.5 Å². The van der Waals surface area contributed by atoms with Gasteiger partial charge in [-0.25, -0.2) is 10.2 Å². The van der Waals surface area contributed by atoms with E-state index in [1.54, 1.807) is 34.6 Å². The van der Waals surface area contributed by atoms with Crippen molar-refractivity contribution in [3.63, 3.8) is 0 Å². The van der Waals surface area contributed by atoms with Crippen molar-refractivity contribution in [2.75, 3.05) is 6.61 Å². The number of ether oxygens (including phenoxy) is 2. The summed E-state index contributed by atoms with van der Waals surface area (Å²) in [5, 5.41) is 14.4. The van der Waals surface area contributed by atoms with Crippen LogP contribution in [0.25, 0.3) is 0 Å². The number of esters is 1. The Bertz CT molecular complexity index is 554. The molecule has 0 bridgehead atoms. The number of hydrogen-bond donors (Lipinski definition) is 2. The molecule has 0 fully saturated rings. The lowest BCUT2D eigenvalue weighted by atomic mass is 9.78. The molecule has 9 heteroatoms. The van der Waals surface area contributed by atoms with Gasteiger partial charge >= 0.3 is 12.1 Å². The van der Waals surface area contributed by atoms with Crippen LogP contribution in [0.3, 0.4) is 0 Å². The molecule has 9 nitrogen and oxygen atoms in total. The largest absolute Gasteiger partial charge is 0.466 e. The second-order valence-electron chi connectivity index (χ2n) is 6.41. The molecule has 24 heavy (non-hydrogen) atoms. The van der Waals surface area contributed by atoms with E-state index in [0.717, 1.165) is 0 Å². The summed E-state index contributed by atoms with van der Waals surface area (Å²) in [5.74, 6) is -2.65. The molecule has 0 saturated heterocycles. The minimum Gasteiger partial charge on any atom is -0.466 e. The van der Waals surface area contributed by atoms with E-state index in [4.69, 9.17) is 9.47 Å². The molecule has 0 aromatic carbocycles. The number of nitrogens with one attached hydrogen (secondary N) is 1. The third kappa shape index (κ3) is 3.50. The van der Waals surface area contributed by atoms with Gasteiger partial charge in [0.25, 0.3) is 5.91 Å². The van der Waals surface area contributed by atoms with Crippen LogP contribution in [-0.4, -0.2) is 51.7 Å². The van der Waals surface area contributed by atoms with Gasteiger partial charge in [-0.3, -0.25) is 14.8 Å². The van der Waals surface area contributed by atoms with E-state index in [0.29, 0.717) is 0 Å². The molecule has 1 heterocycles. The Kier molecular flexibility index (Phi) is 5.94. The van der Waals surface area contributed by atoms with Gasteiger partial charge in [0.1, 0.15) is 5.60 Å². The highest BCUT2D eigenvalue weighted by Crippen LogP contribution is 2.34. The van der Waals surface area contributed by atoms with E-state index < -0.39 is 35.0 Å². The summed E-state index contributed by atoms with van der Waals surface area (Å²) in [7, 11) is 0. The van der Waals surface area contributed by atoms with Gasteiger partial charge in [-0.05, 0) is 41.0 Å². The highest BCUT2D eigenvalue weighted by molar-refractivity contribution is 6.19. The van der Waals surface area contributed by atoms with Gasteiger partial charge in [-0.1, -0.05) is 6.92 Å². The number of carbonyl (C=O) groups is 3. The number of nitrogens with zero attached hydrogens (tertiary/aromatic N) is 2. The van der Waals surface area contributed by atoms with Gasteiger partial charge in [-0.2, -0.15) is 10.2 Å². The van der Waals surface area contributed by atoms with Gasteiger partial charge < -0.3 is 9.47 Å². The fraction of sp³-hybridized carbons (Fsp3) is 0.733. The van der Waals surface area contributed by atoms with Gasteiger partial charge in [0.05, 0.1) is 18.2 Å². The molecule has 0 saturated carbocycles. The Morgan fingerprint density at radius 2 is 1.96 bits per heavy atom. The molecule has 136 valence electrons. The zero-order chi connectivity index (χ0) is 18.7. The second-order valence-corrected chi connectivity index (χ2v) is 6.41. The Morgan fingerprint density at radius 3 is 2.33 bits per heavy atom. The Morgan fingerprint density at radius 1 is 1.38 bits per heavy atom. The van der Waals surface area contributed by atoms with Gasteiger partial charge in [0.15, 0.2) is 0 Å². The summed E-state index contributed by atoms with van der Waals surface area (Å²) in [5.41, 5.74) is -0.636. The van der Waals surface area contributed by atoms with Crippen LogP contribution in [0.5, 0.6) is 0 Å². The van der Waals surface area contributed by atoms with Crippen LogP contribution < -0.4 is 5.43 Å². The van der Waals surface area contributed by atoms with E-state index in [-0.39, 0.29) is 23.8 Å². The predicted molar refractivity (Wildman–Crippen MR) is 84.3 cm³/mol. The summed E-state index contributed by atoms with van der Waals surface area (Å²) in [4.78, 5) is 37.1. The quantitative estimate of drug-likeness (QED) is 0.443. The fourth-order valence-corrected chi connectivity index (χ4v) is 2.60. The molecule has 0 aromatic rings. The molecule has 2 amide bonds. The first kappa shape index (κ1) is 19.9. The van der Waals surface area contributed by atoms with Crippen molar-refractivity contribution in [3.05, 3.63) is 0 Å². The van der Waals surface area contributed by atoms with Crippen LogP contribution in [0.15, 0.2) is 5.10 Å². The average molecular weight is 343 g/mol. The number of hydrogen-bond acceptors (Lipinski definition) is 7. The van der Waals surface area contributed by atoms with Gasteiger partial charge in [-0.15, -0.1) is 0 Å². The maximum atomic E-state index is 12.5. The van der Waals surface area contributed by atoms with Gasteiger partial charge in [0, 0.05) is 0 Å². The van der Waals surface area contributed by atoms with E-state index >= 15 is 0 Å². The summed E-state index contributed by atoms with van der Waals surface area (Å²) in [6.45, 7) is 9.65. The summed E-state index contributed by atoms with van der Waals surface area (Å²) < 4.78 is 10.1. The molecule has 0 radical (unpaired) electrons. The molecule has 1 aliphatic heterocycles. The van der Waals surface area contributed by atoms with Crippen LogP contribution in [-0.2, 0) is 19.1 Å². The summed E-state index contributed by atoms with van der Waals surface area (Å²) in [6, 6.07) is 0. The molecular formula is C15H25N3O6. The van der Waals surface area contributed by atoms with Crippen LogP contribution in [0.4, 0.5) is 4.79 Å². The van der Waals surface area contributed by atoms with Crippen molar-refractivity contribution >= 4 is 23.7 Å². The lowest BCUT2D eigenvalue weighted by Gasteiger charge is -2.38. The van der Waals surface area contributed by atoms with Crippen LogP contribution >= 0.6 is 0 Å². The van der Waals surface area contributed by atoms with Crippen molar-refractivity contribution in [1.29, 1.82) is 0 Å². The molecule has 0 spiro atoms. The van der Waals surface area contributed by atoms with Crippen LogP contribution in [0, 0.1) is 5.92 Å². The number of amides is 2. The second kappa shape index (κ2) is 7.16. The SMILES string of the molecule is CCOC(=O)C(CC)C1(N(O)C(=O)OC(C)(C)C)C(=O)NN=C1C. The van der Waals surface area contributed by atoms with Crippen molar-refractivity contribution in [2.45, 2.75) is 59.1 Å². The highest BCUT2D eigenvalue weighted by atomic mass is 16.6. The first-order valence-electron chi connectivity index (χ1n) is 7.76. The Hall–Kier alpha value is -2.16. The molecule has 2 N–H and O–H groups in total. The molecule has 2 unspecified atom stereocenters. The van der Waals surface area contributed by atoms with E-state index in [1.807, 2.05) is 0 Å². The van der Waals surface area contributed by atoms with Crippen molar-refractivity contribution in [1.82, 2.24) is 10.5 Å². The first-order valence-corrected chi connectivity index (χ1v) is 7.76. The van der Waals surface area contributed by atoms with Crippen molar-refractivity contribution < 1.29 is 29.1 Å². The third-order valence-corrected chi connectivity index (χ3v) is 3.61. The predicted octanol–water partition coefficient (Wildman–Crippen LogP) is 1.45. The van der Waals surface area contributed by atoms with Crippen molar-refractivity contribution in [3.8, 4) is 0 Å². The lowest BCUT2D eigenvalue weighted by molar-refractivity contribution is -0.180. The minimum atomic E-state index is -2.01. The molecule has 1 rings (SSSR count). The third-order valence-electron chi connectivity index (χ3n) is 3.61. The molecule has 2 atom stereocenters. The standard InChI is InChI=1S/C15H25N3O6/c1-7-10(11(19)23-8-2)15(9(3)16-17-12(15)20)18(22)13(21)24-14(4,5)6/h10,22H,7-8H2,1-6H3,(H,17,20). The fourth-order valence-electron chi connectivity index (χ4n) is 2.60. The number of carbonyl (C=O) groups excluding carboxylic acids is 3. The number of rotatable bonds is 5. The normalized spacial score (nSPS) is 21.6. The Balaban J connectivity index is 3.36. The Labute approximate surface area is 140 Å². The summed E-state index contributed by atoms with van der Waals surface area (Å²) >= 11 is 0. The minimum absolute atomic E-state index is 0.0702. The van der Waals surface area contributed by atoms with Crippen LogP contribution in [0.1, 0.15) is 48.0 Å². The maximum Gasteiger partial charge on any atom is 0.435 e. The van der Waals surface area contributed by atoms with E-state index in [1.165, 1.54) is 6.92 Å². The average Bonchev–Trinajstić information content (AvgIpc) is 2.75. The number of hydroxylamine groups is 2. The first-order chi connectivity index (χ1) is 11.0. The smallest absolute Gasteiger partial charge is 0.435 e. The maximum absolute atomic E-state index is 12.5. The lowest BCUT2D eigenvalue weighted by Crippen LogP contribution is -2.66. The zero-order valence-corrected chi connectivity index (χ0v) is 14.9. The topological polar surface area (TPSA) is 118 Å². The molecule has 1 aliphatic rings. The molecular weight excluding hydrogens is 318 g/mol. The molecule has 0 aromatic heterocycles. The summed E-state index contributed by atoms with van der Waals surface area (Å²) in [6.07, 6.45) is -1.02.